The highest BCUT2D eigenvalue weighted by Crippen LogP contribution is 2.30. The molecule has 0 radical (unpaired) electrons. The summed E-state index contributed by atoms with van der Waals surface area (Å²) in [6.45, 7) is 5.75. The minimum Gasteiger partial charge on any atom is -0.398 e. The summed E-state index contributed by atoms with van der Waals surface area (Å²) in [5.41, 5.74) is 6.09. The second-order valence-electron chi connectivity index (χ2n) is 6.24. The predicted octanol–water partition coefficient (Wildman–Crippen LogP) is 2.82. The van der Waals surface area contributed by atoms with Crippen LogP contribution in [0.1, 0.15) is 38.7 Å². The van der Waals surface area contributed by atoms with Crippen LogP contribution < -0.4 is 10.5 Å². The van der Waals surface area contributed by atoms with E-state index in [1.165, 1.54) is 13.0 Å². The number of nitrogens with one attached hydrogen (secondary N) is 1. The van der Waals surface area contributed by atoms with Crippen LogP contribution in [0.15, 0.2) is 17.0 Å². The summed E-state index contributed by atoms with van der Waals surface area (Å²) in [6.07, 6.45) is 2.81. The van der Waals surface area contributed by atoms with Gasteiger partial charge in [-0.2, -0.15) is 0 Å². The Hall–Kier alpha value is -1.14. The highest BCUT2D eigenvalue weighted by Gasteiger charge is 2.29. The lowest BCUT2D eigenvalue weighted by Crippen LogP contribution is -2.42. The van der Waals surface area contributed by atoms with Gasteiger partial charge in [0, 0.05) is 17.3 Å². The van der Waals surface area contributed by atoms with Gasteiger partial charge >= 0.3 is 0 Å². The van der Waals surface area contributed by atoms with Crippen molar-refractivity contribution in [3.63, 3.8) is 0 Å². The molecule has 0 amide bonds. The van der Waals surface area contributed by atoms with Crippen LogP contribution in [-0.2, 0) is 10.0 Å². The van der Waals surface area contributed by atoms with E-state index in [4.69, 9.17) is 5.73 Å². The van der Waals surface area contributed by atoms with Gasteiger partial charge < -0.3 is 5.73 Å². The molecule has 3 atom stereocenters. The topological polar surface area (TPSA) is 72.2 Å². The first kappa shape index (κ1) is 16.2. The molecule has 0 saturated heterocycles. The van der Waals surface area contributed by atoms with Crippen LogP contribution in [0.2, 0.25) is 0 Å². The molecule has 1 aromatic rings. The molecule has 3 N–H and O–H groups in total. The van der Waals surface area contributed by atoms with Crippen molar-refractivity contribution in [2.45, 2.75) is 51.0 Å². The number of sulfonamides is 1. The largest absolute Gasteiger partial charge is 0.398 e. The summed E-state index contributed by atoms with van der Waals surface area (Å²) < 4.78 is 41.2. The summed E-state index contributed by atoms with van der Waals surface area (Å²) in [7, 11) is -3.74. The van der Waals surface area contributed by atoms with E-state index < -0.39 is 15.8 Å². The number of halogens is 1. The molecule has 118 valence electrons. The Balaban J connectivity index is 2.23. The Morgan fingerprint density at radius 3 is 2.52 bits per heavy atom. The highest BCUT2D eigenvalue weighted by atomic mass is 32.2. The third-order valence-electron chi connectivity index (χ3n) is 4.41. The van der Waals surface area contributed by atoms with Gasteiger partial charge in [0.15, 0.2) is 0 Å². The lowest BCUT2D eigenvalue weighted by molar-refractivity contribution is 0.249. The van der Waals surface area contributed by atoms with Crippen LogP contribution in [0.5, 0.6) is 0 Å². The first-order valence-electron chi connectivity index (χ1n) is 7.28. The zero-order chi connectivity index (χ0) is 15.8. The van der Waals surface area contributed by atoms with Crippen LogP contribution in [-0.4, -0.2) is 14.5 Å². The number of anilines is 1. The van der Waals surface area contributed by atoms with Crippen molar-refractivity contribution in [2.75, 3.05) is 5.73 Å². The van der Waals surface area contributed by atoms with Crippen LogP contribution in [0.25, 0.3) is 0 Å². The van der Waals surface area contributed by atoms with Gasteiger partial charge in [0.1, 0.15) is 5.82 Å². The zero-order valence-electron chi connectivity index (χ0n) is 12.7. The van der Waals surface area contributed by atoms with Crippen molar-refractivity contribution < 1.29 is 12.8 Å². The van der Waals surface area contributed by atoms with E-state index in [-0.39, 0.29) is 28.1 Å². The molecule has 21 heavy (non-hydrogen) atoms. The SMILES string of the molecule is Cc1c(N)cc(S(=O)(=O)NC2CCC(C)CC2C)cc1F. The molecule has 1 fully saturated rings. The molecule has 0 aromatic heterocycles. The summed E-state index contributed by atoms with van der Waals surface area (Å²) in [6, 6.07) is 2.25. The summed E-state index contributed by atoms with van der Waals surface area (Å²) in [4.78, 5) is -0.103. The van der Waals surface area contributed by atoms with Gasteiger partial charge in [0.05, 0.1) is 4.90 Å². The third-order valence-corrected chi connectivity index (χ3v) is 5.88. The van der Waals surface area contributed by atoms with Gasteiger partial charge in [-0.1, -0.05) is 13.8 Å². The Bertz CT molecular complexity index is 608. The normalized spacial score (nSPS) is 26.8. The third kappa shape index (κ3) is 3.55. The van der Waals surface area contributed by atoms with E-state index in [9.17, 15) is 12.8 Å². The Kier molecular flexibility index (Phi) is 4.58. The molecule has 0 spiro atoms. The van der Waals surface area contributed by atoms with Crippen molar-refractivity contribution in [2.24, 2.45) is 11.8 Å². The van der Waals surface area contributed by atoms with Crippen LogP contribution >= 0.6 is 0 Å². The summed E-state index contributed by atoms with van der Waals surface area (Å²) >= 11 is 0. The minimum atomic E-state index is -3.74. The molecule has 3 unspecified atom stereocenters. The number of nitrogen functional groups attached to an aromatic ring is 1. The fraction of sp³-hybridized carbons (Fsp3) is 0.600. The van der Waals surface area contributed by atoms with Crippen molar-refractivity contribution in [3.8, 4) is 0 Å². The standard InChI is InChI=1S/C15H23FN2O2S/c1-9-4-5-15(10(2)6-9)18-21(19,20)12-7-13(16)11(3)14(17)8-12/h7-10,15,18H,4-6,17H2,1-3H3. The minimum absolute atomic E-state index is 0.100. The molecule has 1 aliphatic rings. The van der Waals surface area contributed by atoms with Crippen molar-refractivity contribution >= 4 is 15.7 Å². The molecule has 1 aliphatic carbocycles. The van der Waals surface area contributed by atoms with E-state index >= 15 is 0 Å². The fourth-order valence-electron chi connectivity index (χ4n) is 2.94. The summed E-state index contributed by atoms with van der Waals surface area (Å²) in [5, 5.41) is 0. The zero-order valence-corrected chi connectivity index (χ0v) is 13.5. The average Bonchev–Trinajstić information content (AvgIpc) is 2.38. The van der Waals surface area contributed by atoms with E-state index in [2.05, 4.69) is 11.6 Å². The van der Waals surface area contributed by atoms with Gasteiger partial charge in [0.25, 0.3) is 0 Å². The maximum atomic E-state index is 13.7. The Morgan fingerprint density at radius 1 is 1.29 bits per heavy atom. The molecule has 2 rings (SSSR count). The maximum absolute atomic E-state index is 13.7. The first-order valence-corrected chi connectivity index (χ1v) is 8.77. The molecule has 1 saturated carbocycles. The number of benzene rings is 1. The van der Waals surface area contributed by atoms with Gasteiger partial charge in [0.2, 0.25) is 10.0 Å². The van der Waals surface area contributed by atoms with Crippen LogP contribution in [0.3, 0.4) is 0 Å². The number of hydrogen-bond acceptors (Lipinski definition) is 3. The van der Waals surface area contributed by atoms with Crippen LogP contribution in [0, 0.1) is 24.6 Å². The lowest BCUT2D eigenvalue weighted by Gasteiger charge is -2.32. The van der Waals surface area contributed by atoms with Crippen molar-refractivity contribution in [1.29, 1.82) is 0 Å². The molecule has 0 heterocycles. The highest BCUT2D eigenvalue weighted by molar-refractivity contribution is 7.89. The average molecular weight is 314 g/mol. The second-order valence-corrected chi connectivity index (χ2v) is 7.96. The monoisotopic (exact) mass is 314 g/mol. The number of rotatable bonds is 3. The Labute approximate surface area is 126 Å². The molecule has 0 bridgehead atoms. The van der Waals surface area contributed by atoms with Crippen molar-refractivity contribution in [3.05, 3.63) is 23.5 Å². The number of hydrogen-bond donors (Lipinski definition) is 2. The van der Waals surface area contributed by atoms with Crippen molar-refractivity contribution in [1.82, 2.24) is 4.72 Å². The smallest absolute Gasteiger partial charge is 0.241 e. The molecule has 6 heteroatoms. The van der Waals surface area contributed by atoms with Crippen LogP contribution in [0.4, 0.5) is 10.1 Å². The molecular formula is C15H23FN2O2S. The van der Waals surface area contributed by atoms with E-state index in [1.54, 1.807) is 0 Å². The van der Waals surface area contributed by atoms with Gasteiger partial charge in [-0.05, 0) is 50.2 Å². The lowest BCUT2D eigenvalue weighted by atomic mass is 9.80. The molecule has 1 aromatic carbocycles. The Morgan fingerprint density at radius 2 is 1.95 bits per heavy atom. The number of nitrogens with two attached hydrogens (primary N) is 1. The quantitative estimate of drug-likeness (QED) is 0.843. The fourth-order valence-corrected chi connectivity index (χ4v) is 4.36. The maximum Gasteiger partial charge on any atom is 0.241 e. The van der Waals surface area contributed by atoms with E-state index in [0.717, 1.165) is 25.3 Å². The van der Waals surface area contributed by atoms with E-state index in [0.29, 0.717) is 5.92 Å². The first-order chi connectivity index (χ1) is 9.70. The van der Waals surface area contributed by atoms with E-state index in [1.807, 2.05) is 6.92 Å². The molecule has 0 aliphatic heterocycles. The van der Waals surface area contributed by atoms with Gasteiger partial charge in [-0.15, -0.1) is 0 Å². The predicted molar refractivity (Wildman–Crippen MR) is 81.8 cm³/mol. The molecular weight excluding hydrogens is 291 g/mol. The second kappa shape index (κ2) is 5.93. The summed E-state index contributed by atoms with van der Waals surface area (Å²) in [5.74, 6) is 0.296. The van der Waals surface area contributed by atoms with Gasteiger partial charge in [-0.3, -0.25) is 0 Å². The molecule has 4 nitrogen and oxygen atoms in total. The van der Waals surface area contributed by atoms with Gasteiger partial charge in [-0.25, -0.2) is 17.5 Å².